The van der Waals surface area contributed by atoms with E-state index in [-0.39, 0.29) is 29.9 Å². The highest BCUT2D eigenvalue weighted by Gasteiger charge is 2.64. The average Bonchev–Trinajstić information content (AvgIpc) is 3.08. The van der Waals surface area contributed by atoms with Crippen molar-refractivity contribution in [2.75, 3.05) is 26.4 Å². The molecular formula is C19H33NO5. The number of ether oxygens (including phenoxy) is 3. The van der Waals surface area contributed by atoms with Crippen molar-refractivity contribution in [3.63, 3.8) is 0 Å². The van der Waals surface area contributed by atoms with Crippen LogP contribution in [0.25, 0.3) is 0 Å². The summed E-state index contributed by atoms with van der Waals surface area (Å²) in [7, 11) is 0. The lowest BCUT2D eigenvalue weighted by molar-refractivity contribution is -0.145. The van der Waals surface area contributed by atoms with E-state index < -0.39 is 5.60 Å². The van der Waals surface area contributed by atoms with Gasteiger partial charge in [0, 0.05) is 25.8 Å². The molecule has 6 heteroatoms. The third-order valence-corrected chi connectivity index (χ3v) is 4.95. The molecule has 25 heavy (non-hydrogen) atoms. The second kappa shape index (κ2) is 8.39. The van der Waals surface area contributed by atoms with Crippen molar-refractivity contribution in [2.45, 2.75) is 65.5 Å². The van der Waals surface area contributed by atoms with Crippen LogP contribution in [0.1, 0.15) is 53.9 Å². The van der Waals surface area contributed by atoms with Gasteiger partial charge in [-0.25, -0.2) is 4.79 Å². The zero-order valence-corrected chi connectivity index (χ0v) is 16.2. The Labute approximate surface area is 151 Å². The summed E-state index contributed by atoms with van der Waals surface area (Å²) < 4.78 is 16.2. The number of fused-ring (bicyclic) bond motifs is 1. The SMILES string of the molecule is CCOCCCN(C(=O)OC(C)(C)C)[C@H]1CC[C@H]2[C@H](C(=O)OCC)[C@H]21. The van der Waals surface area contributed by atoms with E-state index in [0.29, 0.717) is 32.3 Å². The Morgan fingerprint density at radius 1 is 1.12 bits per heavy atom. The van der Waals surface area contributed by atoms with E-state index >= 15 is 0 Å². The van der Waals surface area contributed by atoms with E-state index in [0.717, 1.165) is 19.3 Å². The fourth-order valence-electron chi connectivity index (χ4n) is 3.98. The molecule has 2 aliphatic carbocycles. The van der Waals surface area contributed by atoms with Gasteiger partial charge in [-0.2, -0.15) is 0 Å². The van der Waals surface area contributed by atoms with Gasteiger partial charge < -0.3 is 19.1 Å². The van der Waals surface area contributed by atoms with E-state index in [2.05, 4.69) is 0 Å². The van der Waals surface area contributed by atoms with Gasteiger partial charge in [0.05, 0.1) is 12.5 Å². The first kappa shape index (κ1) is 20.0. The van der Waals surface area contributed by atoms with Crippen LogP contribution in [-0.4, -0.2) is 55.0 Å². The lowest BCUT2D eigenvalue weighted by atomic mass is 10.1. The molecule has 2 aliphatic rings. The maximum absolute atomic E-state index is 12.7. The largest absolute Gasteiger partial charge is 0.466 e. The quantitative estimate of drug-likeness (QED) is 0.494. The summed E-state index contributed by atoms with van der Waals surface area (Å²) in [5.41, 5.74) is -0.530. The summed E-state index contributed by atoms with van der Waals surface area (Å²) in [5.74, 6) is 0.427. The summed E-state index contributed by atoms with van der Waals surface area (Å²) in [5, 5.41) is 0. The molecule has 0 aliphatic heterocycles. The van der Waals surface area contributed by atoms with Gasteiger partial charge in [0.2, 0.25) is 0 Å². The molecule has 0 aromatic rings. The molecule has 0 aromatic heterocycles. The Hall–Kier alpha value is -1.30. The average molecular weight is 355 g/mol. The molecule has 2 rings (SSSR count). The van der Waals surface area contributed by atoms with E-state index in [4.69, 9.17) is 14.2 Å². The summed E-state index contributed by atoms with van der Waals surface area (Å²) in [4.78, 5) is 26.7. The smallest absolute Gasteiger partial charge is 0.410 e. The van der Waals surface area contributed by atoms with Gasteiger partial charge in [-0.05, 0) is 65.7 Å². The molecule has 6 nitrogen and oxygen atoms in total. The molecule has 0 spiro atoms. The molecule has 0 aromatic carbocycles. The predicted molar refractivity (Wildman–Crippen MR) is 94.2 cm³/mol. The molecule has 0 saturated heterocycles. The summed E-state index contributed by atoms with van der Waals surface area (Å²) in [6, 6.07) is 0.0656. The molecule has 0 heterocycles. The topological polar surface area (TPSA) is 65.1 Å². The molecule has 0 radical (unpaired) electrons. The van der Waals surface area contributed by atoms with E-state index in [9.17, 15) is 9.59 Å². The minimum Gasteiger partial charge on any atom is -0.466 e. The van der Waals surface area contributed by atoms with Crippen LogP contribution >= 0.6 is 0 Å². The van der Waals surface area contributed by atoms with Gasteiger partial charge in [-0.15, -0.1) is 0 Å². The van der Waals surface area contributed by atoms with E-state index in [1.54, 1.807) is 0 Å². The van der Waals surface area contributed by atoms with Crippen molar-refractivity contribution < 1.29 is 23.8 Å². The molecule has 0 bridgehead atoms. The maximum Gasteiger partial charge on any atom is 0.410 e. The number of carbonyl (C=O) groups is 2. The van der Waals surface area contributed by atoms with Crippen LogP contribution in [0.2, 0.25) is 0 Å². The molecule has 1 amide bonds. The van der Waals surface area contributed by atoms with Gasteiger partial charge in [0.25, 0.3) is 0 Å². The van der Waals surface area contributed by atoms with Crippen molar-refractivity contribution in [1.82, 2.24) is 4.90 Å². The number of nitrogens with zero attached hydrogens (tertiary/aromatic N) is 1. The van der Waals surface area contributed by atoms with Gasteiger partial charge in [0.15, 0.2) is 0 Å². The Bertz CT molecular complexity index is 473. The zero-order valence-electron chi connectivity index (χ0n) is 16.2. The first-order valence-corrected chi connectivity index (χ1v) is 9.54. The van der Waals surface area contributed by atoms with Crippen LogP contribution in [0.15, 0.2) is 0 Å². The predicted octanol–water partition coefficient (Wildman–Crippen LogP) is 3.24. The third-order valence-electron chi connectivity index (χ3n) is 4.95. The monoisotopic (exact) mass is 355 g/mol. The van der Waals surface area contributed by atoms with Crippen molar-refractivity contribution in [2.24, 2.45) is 17.8 Å². The number of hydrogen-bond acceptors (Lipinski definition) is 5. The minimum absolute atomic E-state index is 0.0458. The Balaban J connectivity index is 2.02. The van der Waals surface area contributed by atoms with Crippen LogP contribution in [0.3, 0.4) is 0 Å². The standard InChI is InChI=1S/C19H33NO5/c1-6-23-12-8-11-20(18(22)25-19(3,4)5)14-10-9-13-15(14)16(13)17(21)24-7-2/h13-16H,6-12H2,1-5H3/t13-,14+,15-,16+/m1/s1. The molecule has 2 fully saturated rings. The summed E-state index contributed by atoms with van der Waals surface area (Å²) in [6.45, 7) is 11.7. The first-order chi connectivity index (χ1) is 11.8. The zero-order chi connectivity index (χ0) is 18.6. The molecular weight excluding hydrogens is 322 g/mol. The Kier molecular flexibility index (Phi) is 6.72. The highest BCUT2D eigenvalue weighted by molar-refractivity contribution is 5.77. The normalized spacial score (nSPS) is 27.6. The van der Waals surface area contributed by atoms with Crippen molar-refractivity contribution in [3.05, 3.63) is 0 Å². The summed E-state index contributed by atoms with van der Waals surface area (Å²) >= 11 is 0. The molecule has 0 unspecified atom stereocenters. The summed E-state index contributed by atoms with van der Waals surface area (Å²) in [6.07, 6.45) is 2.39. The first-order valence-electron chi connectivity index (χ1n) is 9.54. The molecule has 4 atom stereocenters. The lowest BCUT2D eigenvalue weighted by Gasteiger charge is -2.33. The highest BCUT2D eigenvalue weighted by Crippen LogP contribution is 2.59. The highest BCUT2D eigenvalue weighted by atomic mass is 16.6. The fraction of sp³-hybridized carbons (Fsp3) is 0.895. The Morgan fingerprint density at radius 3 is 2.44 bits per heavy atom. The van der Waals surface area contributed by atoms with Crippen LogP contribution in [0.4, 0.5) is 4.79 Å². The molecule has 0 N–H and O–H groups in total. The van der Waals surface area contributed by atoms with Gasteiger partial charge in [-0.1, -0.05) is 0 Å². The number of rotatable bonds is 8. The minimum atomic E-state index is -0.530. The fourth-order valence-corrected chi connectivity index (χ4v) is 3.98. The second-order valence-corrected chi connectivity index (χ2v) is 7.89. The third kappa shape index (κ3) is 5.09. The van der Waals surface area contributed by atoms with E-state index in [1.165, 1.54) is 0 Å². The van der Waals surface area contributed by atoms with Crippen LogP contribution in [-0.2, 0) is 19.0 Å². The van der Waals surface area contributed by atoms with Gasteiger partial charge in [-0.3, -0.25) is 4.79 Å². The van der Waals surface area contributed by atoms with Crippen LogP contribution in [0, 0.1) is 17.8 Å². The van der Waals surface area contributed by atoms with Crippen molar-refractivity contribution >= 4 is 12.1 Å². The van der Waals surface area contributed by atoms with Gasteiger partial charge in [0.1, 0.15) is 5.60 Å². The van der Waals surface area contributed by atoms with Crippen LogP contribution < -0.4 is 0 Å². The maximum atomic E-state index is 12.7. The molecule has 144 valence electrons. The second-order valence-electron chi connectivity index (χ2n) is 7.89. The van der Waals surface area contributed by atoms with Gasteiger partial charge >= 0.3 is 12.1 Å². The van der Waals surface area contributed by atoms with Crippen LogP contribution in [0.5, 0.6) is 0 Å². The number of esters is 1. The molecule has 2 saturated carbocycles. The van der Waals surface area contributed by atoms with Crippen molar-refractivity contribution in [3.8, 4) is 0 Å². The Morgan fingerprint density at radius 2 is 1.84 bits per heavy atom. The number of carbonyl (C=O) groups excluding carboxylic acids is 2. The number of amides is 1. The number of hydrogen-bond donors (Lipinski definition) is 0. The van der Waals surface area contributed by atoms with E-state index in [1.807, 2.05) is 39.5 Å². The lowest BCUT2D eigenvalue weighted by Crippen LogP contribution is -2.45. The van der Waals surface area contributed by atoms with Crippen molar-refractivity contribution in [1.29, 1.82) is 0 Å².